The van der Waals surface area contributed by atoms with Crippen molar-refractivity contribution >= 4 is 32.7 Å². The fourth-order valence-electron chi connectivity index (χ4n) is 9.74. The van der Waals surface area contributed by atoms with Gasteiger partial charge in [-0.2, -0.15) is 0 Å². The third kappa shape index (κ3) is 5.72. The van der Waals surface area contributed by atoms with E-state index in [0.29, 0.717) is 5.82 Å². The second kappa shape index (κ2) is 14.1. The minimum absolute atomic E-state index is 0.0749. The predicted octanol–water partition coefficient (Wildman–Crippen LogP) is 14.8. The van der Waals surface area contributed by atoms with E-state index in [2.05, 4.69) is 219 Å². The van der Waals surface area contributed by atoms with Crippen LogP contribution in [0.1, 0.15) is 25.0 Å². The van der Waals surface area contributed by atoms with Crippen molar-refractivity contribution in [2.24, 2.45) is 0 Å². The monoisotopic (exact) mass is 792 g/mol. The summed E-state index contributed by atoms with van der Waals surface area (Å²) < 4.78 is 2.39. The SMILES string of the molecule is CC1(C)c2ccccc2-c2ccc(-c3cccc(-c4nc(-c5ccccc5)cc(-c5ccc(-c6nc7ccccc7c7c6c6ccccc6n7-c6ccccc6)cc5)n4)c3)cc21. The van der Waals surface area contributed by atoms with Crippen molar-refractivity contribution < 1.29 is 0 Å². The zero-order valence-electron chi connectivity index (χ0n) is 34.4. The molecule has 292 valence electrons. The molecule has 0 bridgehead atoms. The van der Waals surface area contributed by atoms with E-state index < -0.39 is 0 Å². The second-order valence-corrected chi connectivity index (χ2v) is 16.8. The van der Waals surface area contributed by atoms with Gasteiger partial charge in [0.2, 0.25) is 0 Å². The highest BCUT2D eigenvalue weighted by Gasteiger charge is 2.35. The molecule has 0 radical (unpaired) electrons. The zero-order chi connectivity index (χ0) is 41.4. The van der Waals surface area contributed by atoms with E-state index in [1.807, 2.05) is 6.07 Å². The quantitative estimate of drug-likeness (QED) is 0.168. The Morgan fingerprint density at radius 2 is 0.984 bits per heavy atom. The minimum atomic E-state index is -0.0749. The summed E-state index contributed by atoms with van der Waals surface area (Å²) in [6.07, 6.45) is 0. The average Bonchev–Trinajstić information content (AvgIpc) is 3.81. The van der Waals surface area contributed by atoms with Crippen molar-refractivity contribution in [1.82, 2.24) is 19.5 Å². The van der Waals surface area contributed by atoms with Crippen LogP contribution in [0.15, 0.2) is 206 Å². The zero-order valence-corrected chi connectivity index (χ0v) is 34.4. The van der Waals surface area contributed by atoms with E-state index in [9.17, 15) is 0 Å². The number of hydrogen-bond acceptors (Lipinski definition) is 3. The largest absolute Gasteiger partial charge is 0.308 e. The first-order valence-electron chi connectivity index (χ1n) is 21.3. The first kappa shape index (κ1) is 35.9. The van der Waals surface area contributed by atoms with Crippen molar-refractivity contribution in [2.75, 3.05) is 0 Å². The predicted molar refractivity (Wildman–Crippen MR) is 256 cm³/mol. The number of aromatic nitrogens is 4. The molecule has 4 nitrogen and oxygen atoms in total. The van der Waals surface area contributed by atoms with Gasteiger partial charge >= 0.3 is 0 Å². The summed E-state index contributed by atoms with van der Waals surface area (Å²) in [6.45, 7) is 4.66. The highest BCUT2D eigenvalue weighted by Crippen LogP contribution is 2.50. The molecule has 11 aromatic rings. The molecular formula is C58H40N4. The molecule has 1 aliphatic rings. The van der Waals surface area contributed by atoms with Gasteiger partial charge in [-0.3, -0.25) is 0 Å². The molecule has 4 heteroatoms. The lowest BCUT2D eigenvalue weighted by Crippen LogP contribution is -2.14. The molecule has 0 saturated heterocycles. The van der Waals surface area contributed by atoms with Gasteiger partial charge in [-0.05, 0) is 75.8 Å². The lowest BCUT2D eigenvalue weighted by atomic mass is 9.81. The molecule has 8 aromatic carbocycles. The van der Waals surface area contributed by atoms with E-state index in [1.165, 1.54) is 33.2 Å². The van der Waals surface area contributed by atoms with Crippen LogP contribution in [0.3, 0.4) is 0 Å². The summed E-state index contributed by atoms with van der Waals surface area (Å²) in [4.78, 5) is 15.9. The summed E-state index contributed by atoms with van der Waals surface area (Å²) in [5.41, 5.74) is 18.8. The Balaban J connectivity index is 0.975. The first-order chi connectivity index (χ1) is 30.5. The fourth-order valence-corrected chi connectivity index (χ4v) is 9.74. The van der Waals surface area contributed by atoms with Crippen molar-refractivity contribution in [3.8, 4) is 73.1 Å². The van der Waals surface area contributed by atoms with Crippen LogP contribution in [0.5, 0.6) is 0 Å². The first-order valence-corrected chi connectivity index (χ1v) is 21.3. The molecule has 0 saturated carbocycles. The standard InChI is InChI=1S/C58H40N4/c1-58(2)48-25-12-9-22-44(48)45-33-32-41(35-49(45)58)40-18-15-19-42(34-40)57-60-51(37-16-5-3-6-17-37)36-52(61-57)38-28-30-39(31-29-38)55-54-47-24-11-14-27-53(47)62(43-20-7-4-8-21-43)56(54)46-23-10-13-26-50(46)59-55/h3-36H,1-2H3. The lowest BCUT2D eigenvalue weighted by Gasteiger charge is -2.22. The maximum Gasteiger partial charge on any atom is 0.160 e. The summed E-state index contributed by atoms with van der Waals surface area (Å²) in [5.74, 6) is 0.688. The number of para-hydroxylation sites is 3. The molecular weight excluding hydrogens is 753 g/mol. The van der Waals surface area contributed by atoms with Gasteiger partial charge in [-0.15, -0.1) is 0 Å². The maximum absolute atomic E-state index is 5.37. The van der Waals surface area contributed by atoms with Gasteiger partial charge in [0.25, 0.3) is 0 Å². The Morgan fingerprint density at radius 3 is 1.79 bits per heavy atom. The molecule has 62 heavy (non-hydrogen) atoms. The average molecular weight is 793 g/mol. The van der Waals surface area contributed by atoms with Crippen LogP contribution in [0, 0.1) is 0 Å². The molecule has 0 aliphatic heterocycles. The molecule has 3 heterocycles. The van der Waals surface area contributed by atoms with Crippen molar-refractivity contribution in [3.63, 3.8) is 0 Å². The fraction of sp³-hybridized carbons (Fsp3) is 0.0517. The number of nitrogens with zero attached hydrogens (tertiary/aromatic N) is 4. The normalized spacial score (nSPS) is 12.8. The third-order valence-corrected chi connectivity index (χ3v) is 12.8. The van der Waals surface area contributed by atoms with Crippen molar-refractivity contribution in [1.29, 1.82) is 0 Å². The maximum atomic E-state index is 5.37. The van der Waals surface area contributed by atoms with Gasteiger partial charge in [-0.1, -0.05) is 178 Å². The summed E-state index contributed by atoms with van der Waals surface area (Å²) >= 11 is 0. The van der Waals surface area contributed by atoms with Crippen LogP contribution >= 0.6 is 0 Å². The number of pyridine rings is 1. The molecule has 3 aromatic heterocycles. The van der Waals surface area contributed by atoms with Crippen LogP contribution in [-0.4, -0.2) is 19.5 Å². The molecule has 1 aliphatic carbocycles. The summed E-state index contributed by atoms with van der Waals surface area (Å²) in [5, 5.41) is 3.44. The van der Waals surface area contributed by atoms with Gasteiger partial charge < -0.3 is 4.57 Å². The third-order valence-electron chi connectivity index (χ3n) is 12.8. The van der Waals surface area contributed by atoms with Crippen LogP contribution in [-0.2, 0) is 5.41 Å². The van der Waals surface area contributed by atoms with E-state index in [-0.39, 0.29) is 5.41 Å². The Morgan fingerprint density at radius 1 is 0.403 bits per heavy atom. The van der Waals surface area contributed by atoms with Gasteiger partial charge in [-0.25, -0.2) is 15.0 Å². The molecule has 0 unspecified atom stereocenters. The molecule has 12 rings (SSSR count). The molecule has 0 atom stereocenters. The smallest absolute Gasteiger partial charge is 0.160 e. The molecule has 0 amide bonds. The van der Waals surface area contributed by atoms with Gasteiger partial charge in [0, 0.05) is 49.5 Å². The Bertz CT molecular complexity index is 3530. The Labute approximate surface area is 360 Å². The summed E-state index contributed by atoms with van der Waals surface area (Å²) in [6, 6.07) is 73.4. The van der Waals surface area contributed by atoms with Gasteiger partial charge in [0.15, 0.2) is 5.82 Å². The number of fused-ring (bicyclic) bond motifs is 8. The summed E-state index contributed by atoms with van der Waals surface area (Å²) in [7, 11) is 0. The highest BCUT2D eigenvalue weighted by molar-refractivity contribution is 6.22. The number of benzene rings is 8. The highest BCUT2D eigenvalue weighted by atomic mass is 15.0. The lowest BCUT2D eigenvalue weighted by molar-refractivity contribution is 0.660. The van der Waals surface area contributed by atoms with E-state index in [1.54, 1.807) is 0 Å². The molecule has 0 spiro atoms. The molecule has 0 fully saturated rings. The van der Waals surface area contributed by atoms with Crippen LogP contribution in [0.2, 0.25) is 0 Å². The Kier molecular flexibility index (Phi) is 8.16. The van der Waals surface area contributed by atoms with Gasteiger partial charge in [0.05, 0.1) is 33.6 Å². The minimum Gasteiger partial charge on any atom is -0.308 e. The van der Waals surface area contributed by atoms with Gasteiger partial charge in [0.1, 0.15) is 0 Å². The van der Waals surface area contributed by atoms with E-state index in [0.717, 1.165) is 77.9 Å². The van der Waals surface area contributed by atoms with E-state index in [4.69, 9.17) is 15.0 Å². The van der Waals surface area contributed by atoms with Crippen molar-refractivity contribution in [2.45, 2.75) is 19.3 Å². The number of rotatable bonds is 6. The Hall–Kier alpha value is -7.95. The van der Waals surface area contributed by atoms with Crippen molar-refractivity contribution in [3.05, 3.63) is 217 Å². The van der Waals surface area contributed by atoms with E-state index >= 15 is 0 Å². The van der Waals surface area contributed by atoms with Crippen LogP contribution < -0.4 is 0 Å². The number of hydrogen-bond donors (Lipinski definition) is 0. The topological polar surface area (TPSA) is 43.6 Å². The second-order valence-electron chi connectivity index (χ2n) is 16.8. The van der Waals surface area contributed by atoms with Crippen LogP contribution in [0.4, 0.5) is 0 Å². The van der Waals surface area contributed by atoms with Crippen LogP contribution in [0.25, 0.3) is 106 Å². The molecule has 0 N–H and O–H groups in total.